The summed E-state index contributed by atoms with van der Waals surface area (Å²) in [5, 5.41) is 7.06. The summed E-state index contributed by atoms with van der Waals surface area (Å²) >= 11 is 0. The number of nitrogens with zero attached hydrogens (tertiary/aromatic N) is 1. The highest BCUT2D eigenvalue weighted by Crippen LogP contribution is 2.42. The van der Waals surface area contributed by atoms with E-state index < -0.39 is 0 Å². The number of benzene rings is 9. The number of fused-ring (bicyclic) bond motifs is 6. The first-order chi connectivity index (χ1) is 25.8. The highest BCUT2D eigenvalue weighted by molar-refractivity contribution is 6.19. The van der Waals surface area contributed by atoms with Gasteiger partial charge in [-0.15, -0.1) is 0 Å². The van der Waals surface area contributed by atoms with Gasteiger partial charge in [0.15, 0.2) is 0 Å². The van der Waals surface area contributed by atoms with Gasteiger partial charge in [0.1, 0.15) is 11.2 Å². The third-order valence-electron chi connectivity index (χ3n) is 10.3. The van der Waals surface area contributed by atoms with E-state index >= 15 is 0 Å². The Morgan fingerprint density at radius 1 is 0.308 bits per heavy atom. The Hall–Kier alpha value is -6.90. The summed E-state index contributed by atoms with van der Waals surface area (Å²) in [5.74, 6) is 0. The van der Waals surface area contributed by atoms with E-state index in [-0.39, 0.29) is 0 Å². The van der Waals surface area contributed by atoms with Crippen LogP contribution in [0.4, 0.5) is 17.1 Å². The van der Waals surface area contributed by atoms with E-state index in [1.807, 2.05) is 0 Å². The lowest BCUT2D eigenvalue weighted by Crippen LogP contribution is -2.09. The normalized spacial score (nSPS) is 11.5. The van der Waals surface area contributed by atoms with Crippen LogP contribution in [-0.4, -0.2) is 0 Å². The molecule has 0 amide bonds. The minimum atomic E-state index is 0.900. The van der Waals surface area contributed by atoms with Crippen LogP contribution in [0.1, 0.15) is 0 Å². The molecule has 0 aliphatic heterocycles. The third-order valence-corrected chi connectivity index (χ3v) is 10.3. The molecule has 0 atom stereocenters. The lowest BCUT2D eigenvalue weighted by Gasteiger charge is -2.26. The molecular formula is C50H33NO. The van der Waals surface area contributed by atoms with Crippen LogP contribution in [0.2, 0.25) is 0 Å². The second-order valence-electron chi connectivity index (χ2n) is 13.3. The Balaban J connectivity index is 1.07. The van der Waals surface area contributed by atoms with E-state index in [4.69, 9.17) is 4.42 Å². The summed E-state index contributed by atoms with van der Waals surface area (Å²) in [6.45, 7) is 0. The Labute approximate surface area is 302 Å². The molecule has 0 radical (unpaired) electrons. The summed E-state index contributed by atoms with van der Waals surface area (Å²) < 4.78 is 6.55. The summed E-state index contributed by atoms with van der Waals surface area (Å²) in [6.07, 6.45) is 0. The zero-order valence-electron chi connectivity index (χ0n) is 28.4. The van der Waals surface area contributed by atoms with Gasteiger partial charge in [0.2, 0.25) is 0 Å². The minimum absolute atomic E-state index is 0.900. The molecular weight excluding hydrogens is 631 g/mol. The lowest BCUT2D eigenvalue weighted by atomic mass is 9.94. The molecule has 0 unspecified atom stereocenters. The minimum Gasteiger partial charge on any atom is -0.455 e. The molecule has 2 nitrogen and oxygen atoms in total. The van der Waals surface area contributed by atoms with Gasteiger partial charge in [0.05, 0.1) is 0 Å². The molecule has 9 aromatic carbocycles. The van der Waals surface area contributed by atoms with Gasteiger partial charge in [-0.2, -0.15) is 0 Å². The second-order valence-corrected chi connectivity index (χ2v) is 13.3. The first kappa shape index (κ1) is 30.0. The molecule has 0 bridgehead atoms. The molecule has 52 heavy (non-hydrogen) atoms. The predicted molar refractivity (Wildman–Crippen MR) is 220 cm³/mol. The maximum atomic E-state index is 6.55. The maximum absolute atomic E-state index is 6.55. The van der Waals surface area contributed by atoms with Crippen molar-refractivity contribution in [2.24, 2.45) is 0 Å². The number of para-hydroxylation sites is 1. The smallest absolute Gasteiger partial charge is 0.143 e. The Bertz CT molecular complexity index is 2870. The molecule has 0 fully saturated rings. The first-order valence-electron chi connectivity index (χ1n) is 17.8. The summed E-state index contributed by atoms with van der Waals surface area (Å²) in [7, 11) is 0. The van der Waals surface area contributed by atoms with Gasteiger partial charge >= 0.3 is 0 Å². The molecule has 0 aliphatic carbocycles. The van der Waals surface area contributed by atoms with Crippen LogP contribution in [0.3, 0.4) is 0 Å². The first-order valence-corrected chi connectivity index (χ1v) is 17.8. The molecule has 1 aromatic heterocycles. The van der Waals surface area contributed by atoms with Gasteiger partial charge in [-0.1, -0.05) is 146 Å². The van der Waals surface area contributed by atoms with Crippen molar-refractivity contribution in [2.45, 2.75) is 0 Å². The van der Waals surface area contributed by atoms with Crippen LogP contribution in [0.25, 0.3) is 76.9 Å². The highest BCUT2D eigenvalue weighted by Gasteiger charge is 2.17. The topological polar surface area (TPSA) is 16.4 Å². The van der Waals surface area contributed by atoms with Crippen LogP contribution in [0.5, 0.6) is 0 Å². The summed E-state index contributed by atoms with van der Waals surface area (Å²) in [6, 6.07) is 71.6. The average molecular weight is 664 g/mol. The van der Waals surface area contributed by atoms with Gasteiger partial charge in [0.25, 0.3) is 0 Å². The zero-order chi connectivity index (χ0) is 34.4. The molecule has 0 saturated carbocycles. The van der Waals surface area contributed by atoms with Gasteiger partial charge < -0.3 is 9.32 Å². The number of rotatable bonds is 6. The van der Waals surface area contributed by atoms with Crippen molar-refractivity contribution in [3.63, 3.8) is 0 Å². The van der Waals surface area contributed by atoms with E-state index in [0.717, 1.165) is 50.0 Å². The maximum Gasteiger partial charge on any atom is 0.143 e. The monoisotopic (exact) mass is 663 g/mol. The highest BCUT2D eigenvalue weighted by atomic mass is 16.3. The van der Waals surface area contributed by atoms with Crippen molar-refractivity contribution in [1.82, 2.24) is 0 Å². The van der Waals surface area contributed by atoms with E-state index in [2.05, 4.69) is 205 Å². The van der Waals surface area contributed by atoms with Crippen LogP contribution in [0.15, 0.2) is 205 Å². The second kappa shape index (κ2) is 12.5. The van der Waals surface area contributed by atoms with Crippen molar-refractivity contribution >= 4 is 60.5 Å². The molecule has 0 aliphatic rings. The molecule has 1 heterocycles. The fourth-order valence-corrected chi connectivity index (χ4v) is 7.73. The summed E-state index contributed by atoms with van der Waals surface area (Å²) in [5.41, 5.74) is 12.3. The lowest BCUT2D eigenvalue weighted by molar-refractivity contribution is 0.673. The fraction of sp³-hybridized carbons (Fsp3) is 0. The van der Waals surface area contributed by atoms with E-state index in [9.17, 15) is 0 Å². The van der Waals surface area contributed by atoms with Crippen LogP contribution in [0, 0.1) is 0 Å². The molecule has 2 heteroatoms. The number of hydrogen-bond acceptors (Lipinski definition) is 2. The number of hydrogen-bond donors (Lipinski definition) is 0. The molecule has 10 rings (SSSR count). The van der Waals surface area contributed by atoms with Gasteiger partial charge in [-0.05, 0) is 104 Å². The average Bonchev–Trinajstić information content (AvgIpc) is 3.60. The van der Waals surface area contributed by atoms with Crippen molar-refractivity contribution in [2.75, 3.05) is 4.90 Å². The third kappa shape index (κ3) is 5.12. The molecule has 244 valence electrons. The molecule has 0 spiro atoms. The van der Waals surface area contributed by atoms with Crippen molar-refractivity contribution < 1.29 is 4.42 Å². The predicted octanol–water partition coefficient (Wildman–Crippen LogP) is 14.4. The van der Waals surface area contributed by atoms with Gasteiger partial charge in [-0.25, -0.2) is 0 Å². The van der Waals surface area contributed by atoms with Crippen molar-refractivity contribution in [1.29, 1.82) is 0 Å². The van der Waals surface area contributed by atoms with Crippen LogP contribution in [-0.2, 0) is 0 Å². The van der Waals surface area contributed by atoms with Crippen LogP contribution >= 0.6 is 0 Å². The largest absolute Gasteiger partial charge is 0.455 e. The SMILES string of the molecule is c1ccc(-c2ccc3oc4c5ccccc5c(-c5ccc(N(c6ccccc6)c6ccc(-c7cccc8ccccc78)cc6)cc5)cc4c3c2)cc1. The van der Waals surface area contributed by atoms with E-state index in [0.29, 0.717) is 0 Å². The fourth-order valence-electron chi connectivity index (χ4n) is 7.73. The van der Waals surface area contributed by atoms with E-state index in [1.54, 1.807) is 0 Å². The Morgan fingerprint density at radius 2 is 0.865 bits per heavy atom. The molecule has 0 N–H and O–H groups in total. The van der Waals surface area contributed by atoms with Crippen LogP contribution < -0.4 is 4.90 Å². The van der Waals surface area contributed by atoms with Crippen molar-refractivity contribution in [3.8, 4) is 33.4 Å². The number of anilines is 3. The Morgan fingerprint density at radius 3 is 1.60 bits per heavy atom. The van der Waals surface area contributed by atoms with Gasteiger partial charge in [0, 0.05) is 33.2 Å². The van der Waals surface area contributed by atoms with Gasteiger partial charge in [-0.3, -0.25) is 0 Å². The van der Waals surface area contributed by atoms with E-state index in [1.165, 1.54) is 44.0 Å². The molecule has 0 saturated heterocycles. The molecule has 10 aromatic rings. The van der Waals surface area contributed by atoms with Crippen molar-refractivity contribution in [3.05, 3.63) is 200 Å². The summed E-state index contributed by atoms with van der Waals surface area (Å²) in [4.78, 5) is 2.33. The number of furan rings is 1. The standard InChI is InChI=1S/C50H33NO/c1-3-12-34(13-4-1)38-26-31-49-47(32-38)48-33-46(44-19-9-10-20-45(44)50(48)52-49)37-24-29-41(30-25-37)51(39-16-5-2-6-17-39)40-27-22-36(23-28-40)43-21-11-15-35-14-7-8-18-42(35)43/h1-33H. The quantitative estimate of drug-likeness (QED) is 0.176. The zero-order valence-corrected chi connectivity index (χ0v) is 28.4. The Kier molecular flexibility index (Phi) is 7.18.